The molecule has 1 aliphatic carbocycles. The zero-order chi connectivity index (χ0) is 14.8. The predicted molar refractivity (Wildman–Crippen MR) is 84.6 cm³/mol. The molecular weight excluding hydrogens is 331 g/mol. The maximum atomic E-state index is 13.8. The van der Waals surface area contributed by atoms with Crippen molar-refractivity contribution < 1.29 is 4.39 Å². The Morgan fingerprint density at radius 2 is 2.00 bits per heavy atom. The largest absolute Gasteiger partial charge is 0.380 e. The van der Waals surface area contributed by atoms with Crippen LogP contribution < -0.4 is 5.32 Å². The summed E-state index contributed by atoms with van der Waals surface area (Å²) >= 11 is 3.48. The number of nitriles is 1. The molecular formula is C17H14BrFN2. The smallest absolute Gasteiger partial charge is 0.147 e. The summed E-state index contributed by atoms with van der Waals surface area (Å²) in [6, 6.07) is 15.1. The van der Waals surface area contributed by atoms with Crippen molar-refractivity contribution >= 4 is 21.6 Å². The fourth-order valence-electron chi connectivity index (χ4n) is 2.69. The molecule has 0 spiro atoms. The van der Waals surface area contributed by atoms with Gasteiger partial charge in [0.25, 0.3) is 0 Å². The third-order valence-corrected chi connectivity index (χ3v) is 4.41. The van der Waals surface area contributed by atoms with Crippen LogP contribution in [0.1, 0.15) is 29.9 Å². The Labute approximate surface area is 131 Å². The highest BCUT2D eigenvalue weighted by Gasteiger charge is 2.30. The van der Waals surface area contributed by atoms with Gasteiger partial charge in [-0.25, -0.2) is 4.39 Å². The van der Waals surface area contributed by atoms with Crippen LogP contribution in [0.25, 0.3) is 0 Å². The Morgan fingerprint density at radius 3 is 2.67 bits per heavy atom. The van der Waals surface area contributed by atoms with Crippen LogP contribution in [0.5, 0.6) is 0 Å². The zero-order valence-electron chi connectivity index (χ0n) is 11.3. The number of anilines is 1. The summed E-state index contributed by atoms with van der Waals surface area (Å²) < 4.78 is 14.9. The predicted octanol–water partition coefficient (Wildman–Crippen LogP) is 4.82. The van der Waals surface area contributed by atoms with E-state index in [-0.39, 0.29) is 11.9 Å². The van der Waals surface area contributed by atoms with E-state index < -0.39 is 0 Å². The normalized spacial score (nSPS) is 20.4. The van der Waals surface area contributed by atoms with Crippen LogP contribution in [-0.4, -0.2) is 6.04 Å². The Bertz CT molecular complexity index is 702. The van der Waals surface area contributed by atoms with Crippen LogP contribution in [-0.2, 0) is 0 Å². The molecule has 21 heavy (non-hydrogen) atoms. The molecule has 1 aliphatic rings. The maximum absolute atomic E-state index is 13.8. The summed E-state index contributed by atoms with van der Waals surface area (Å²) in [5.74, 6) is 0.168. The first-order chi connectivity index (χ1) is 10.2. The van der Waals surface area contributed by atoms with Gasteiger partial charge >= 0.3 is 0 Å². The SMILES string of the molecule is N#Cc1ccc(NC2CC(c3cccc(Br)c3)C2)c(F)c1. The second-order valence-electron chi connectivity index (χ2n) is 5.37. The third-order valence-electron chi connectivity index (χ3n) is 3.92. The molecule has 1 fully saturated rings. The monoisotopic (exact) mass is 344 g/mol. The molecule has 0 amide bonds. The number of nitrogens with one attached hydrogen (secondary N) is 1. The van der Waals surface area contributed by atoms with Crippen molar-refractivity contribution in [3.05, 3.63) is 63.9 Å². The lowest BCUT2D eigenvalue weighted by Crippen LogP contribution is -2.34. The lowest BCUT2D eigenvalue weighted by Gasteiger charge is -2.37. The summed E-state index contributed by atoms with van der Waals surface area (Å²) in [5, 5.41) is 12.0. The first-order valence-corrected chi connectivity index (χ1v) is 7.66. The summed E-state index contributed by atoms with van der Waals surface area (Å²) in [6.07, 6.45) is 1.99. The summed E-state index contributed by atoms with van der Waals surface area (Å²) in [6.45, 7) is 0. The van der Waals surface area contributed by atoms with E-state index in [1.54, 1.807) is 12.1 Å². The Kier molecular flexibility index (Phi) is 3.94. The van der Waals surface area contributed by atoms with Gasteiger partial charge in [-0.15, -0.1) is 0 Å². The minimum Gasteiger partial charge on any atom is -0.380 e. The van der Waals surface area contributed by atoms with Crippen molar-refractivity contribution in [2.24, 2.45) is 0 Å². The highest BCUT2D eigenvalue weighted by Crippen LogP contribution is 2.39. The van der Waals surface area contributed by atoms with E-state index in [1.165, 1.54) is 11.6 Å². The molecule has 4 heteroatoms. The second kappa shape index (κ2) is 5.87. The van der Waals surface area contributed by atoms with Gasteiger partial charge in [0, 0.05) is 10.5 Å². The quantitative estimate of drug-likeness (QED) is 0.866. The van der Waals surface area contributed by atoms with Crippen LogP contribution in [0.15, 0.2) is 46.9 Å². The van der Waals surface area contributed by atoms with Crippen LogP contribution in [0.4, 0.5) is 10.1 Å². The van der Waals surface area contributed by atoms with E-state index in [4.69, 9.17) is 5.26 Å². The fraction of sp³-hybridized carbons (Fsp3) is 0.235. The van der Waals surface area contributed by atoms with E-state index in [0.29, 0.717) is 17.2 Å². The van der Waals surface area contributed by atoms with Crippen molar-refractivity contribution in [1.29, 1.82) is 5.26 Å². The van der Waals surface area contributed by atoms with Gasteiger partial charge in [0.1, 0.15) is 5.82 Å². The van der Waals surface area contributed by atoms with Gasteiger partial charge < -0.3 is 5.32 Å². The number of hydrogen-bond donors (Lipinski definition) is 1. The molecule has 0 heterocycles. The lowest BCUT2D eigenvalue weighted by molar-refractivity contribution is 0.373. The van der Waals surface area contributed by atoms with Crippen molar-refractivity contribution in [1.82, 2.24) is 0 Å². The number of rotatable bonds is 3. The Morgan fingerprint density at radius 1 is 1.19 bits per heavy atom. The van der Waals surface area contributed by atoms with Gasteiger partial charge in [0.2, 0.25) is 0 Å². The van der Waals surface area contributed by atoms with Crippen molar-refractivity contribution in [2.45, 2.75) is 24.8 Å². The van der Waals surface area contributed by atoms with Crippen LogP contribution >= 0.6 is 15.9 Å². The number of nitrogens with zero attached hydrogens (tertiary/aromatic N) is 1. The molecule has 0 saturated heterocycles. The molecule has 2 aromatic carbocycles. The summed E-state index contributed by atoms with van der Waals surface area (Å²) in [5.41, 5.74) is 2.15. The molecule has 0 radical (unpaired) electrons. The number of benzene rings is 2. The van der Waals surface area contributed by atoms with Gasteiger partial charge in [-0.05, 0) is 54.7 Å². The van der Waals surface area contributed by atoms with E-state index in [0.717, 1.165) is 17.3 Å². The molecule has 2 aromatic rings. The average Bonchev–Trinajstić information content (AvgIpc) is 2.43. The van der Waals surface area contributed by atoms with E-state index in [1.807, 2.05) is 18.2 Å². The van der Waals surface area contributed by atoms with Crippen LogP contribution in [0.2, 0.25) is 0 Å². The van der Waals surface area contributed by atoms with Crippen LogP contribution in [0, 0.1) is 17.1 Å². The minimum atomic E-state index is -0.361. The summed E-state index contributed by atoms with van der Waals surface area (Å²) in [7, 11) is 0. The number of hydrogen-bond acceptors (Lipinski definition) is 2. The first-order valence-electron chi connectivity index (χ1n) is 6.87. The molecule has 0 atom stereocenters. The molecule has 0 unspecified atom stereocenters. The molecule has 3 rings (SSSR count). The van der Waals surface area contributed by atoms with Gasteiger partial charge in [-0.2, -0.15) is 5.26 Å². The maximum Gasteiger partial charge on any atom is 0.147 e. The van der Waals surface area contributed by atoms with Gasteiger partial charge in [0.15, 0.2) is 0 Å². The van der Waals surface area contributed by atoms with Gasteiger partial charge in [0.05, 0.1) is 17.3 Å². The molecule has 0 bridgehead atoms. The Balaban J connectivity index is 1.61. The first kappa shape index (κ1) is 14.1. The van der Waals surface area contributed by atoms with E-state index >= 15 is 0 Å². The topological polar surface area (TPSA) is 35.8 Å². The van der Waals surface area contributed by atoms with E-state index in [9.17, 15) is 4.39 Å². The molecule has 0 aromatic heterocycles. The molecule has 1 N–H and O–H groups in total. The molecule has 2 nitrogen and oxygen atoms in total. The van der Waals surface area contributed by atoms with Gasteiger partial charge in [-0.3, -0.25) is 0 Å². The molecule has 1 saturated carbocycles. The standard InChI is InChI=1S/C17H14BrFN2/c18-14-3-1-2-12(7-14)13-8-15(9-13)21-17-5-4-11(10-20)6-16(17)19/h1-7,13,15,21H,8-9H2. The average molecular weight is 345 g/mol. The highest BCUT2D eigenvalue weighted by molar-refractivity contribution is 9.10. The minimum absolute atomic E-state index is 0.288. The highest BCUT2D eigenvalue weighted by atomic mass is 79.9. The zero-order valence-corrected chi connectivity index (χ0v) is 12.9. The third kappa shape index (κ3) is 3.08. The molecule has 0 aliphatic heterocycles. The van der Waals surface area contributed by atoms with Gasteiger partial charge in [-0.1, -0.05) is 28.1 Å². The second-order valence-corrected chi connectivity index (χ2v) is 6.29. The van der Waals surface area contributed by atoms with Crippen molar-refractivity contribution in [3.63, 3.8) is 0 Å². The molecule has 106 valence electrons. The lowest BCUT2D eigenvalue weighted by atomic mass is 9.76. The summed E-state index contributed by atoms with van der Waals surface area (Å²) in [4.78, 5) is 0. The van der Waals surface area contributed by atoms with E-state index in [2.05, 4.69) is 33.4 Å². The number of halogens is 2. The van der Waals surface area contributed by atoms with Crippen molar-refractivity contribution in [2.75, 3.05) is 5.32 Å². The van der Waals surface area contributed by atoms with Crippen LogP contribution in [0.3, 0.4) is 0 Å². The van der Waals surface area contributed by atoms with Crippen molar-refractivity contribution in [3.8, 4) is 6.07 Å². The Hall–Kier alpha value is -1.86. The fourth-order valence-corrected chi connectivity index (χ4v) is 3.11.